The van der Waals surface area contributed by atoms with Crippen molar-refractivity contribution in [2.24, 2.45) is 5.73 Å². The zero-order valence-corrected chi connectivity index (χ0v) is 14.0. The van der Waals surface area contributed by atoms with Gasteiger partial charge >= 0.3 is 5.97 Å². The highest BCUT2D eigenvalue weighted by Gasteiger charge is 2.16. The molecule has 0 spiro atoms. The van der Waals surface area contributed by atoms with Gasteiger partial charge in [0.25, 0.3) is 0 Å². The minimum absolute atomic E-state index is 0.191. The minimum Gasteiger partial charge on any atom is -0.508 e. The van der Waals surface area contributed by atoms with E-state index in [1.165, 1.54) is 0 Å². The smallest absolute Gasteiger partial charge is 0.323 e. The first kappa shape index (κ1) is 18.5. The number of aromatic hydroxyl groups is 1. The summed E-state index contributed by atoms with van der Waals surface area (Å²) in [6.07, 6.45) is 10.4. The number of esters is 1. The Morgan fingerprint density at radius 2 is 1.92 bits per heavy atom. The normalized spacial score (nSPS) is 20.6. The first-order valence-corrected chi connectivity index (χ1v) is 8.62. The van der Waals surface area contributed by atoms with Crippen LogP contribution in [0.4, 0.5) is 0 Å². The molecule has 2 rings (SSSR count). The molecule has 3 N–H and O–H groups in total. The zero-order chi connectivity index (χ0) is 17.2. The lowest BCUT2D eigenvalue weighted by Gasteiger charge is -2.19. The molecule has 0 radical (unpaired) electrons. The molecule has 1 aromatic carbocycles. The van der Waals surface area contributed by atoms with Crippen molar-refractivity contribution in [3.63, 3.8) is 0 Å². The molecule has 1 aliphatic rings. The third-order valence-corrected chi connectivity index (χ3v) is 4.09. The van der Waals surface area contributed by atoms with Gasteiger partial charge in [-0.3, -0.25) is 4.79 Å². The number of carbonyl (C=O) groups excluding carboxylic acids is 1. The van der Waals surface area contributed by atoms with Crippen LogP contribution in [0.5, 0.6) is 5.75 Å². The van der Waals surface area contributed by atoms with Crippen molar-refractivity contribution in [2.45, 2.75) is 50.7 Å². The van der Waals surface area contributed by atoms with Gasteiger partial charge in [-0.25, -0.2) is 0 Å². The number of carbonyl (C=O) groups is 1. The maximum absolute atomic E-state index is 11.9. The van der Waals surface area contributed by atoms with Crippen LogP contribution in [0.2, 0.25) is 0 Å². The van der Waals surface area contributed by atoms with Gasteiger partial charge in [0.05, 0.1) is 12.7 Å². The highest BCUT2D eigenvalue weighted by molar-refractivity contribution is 5.75. The zero-order valence-electron chi connectivity index (χ0n) is 14.0. The van der Waals surface area contributed by atoms with E-state index in [-0.39, 0.29) is 18.5 Å². The third-order valence-electron chi connectivity index (χ3n) is 4.09. The average molecular weight is 333 g/mol. The Balaban J connectivity index is 1.63. The molecule has 1 aliphatic carbocycles. The lowest BCUT2D eigenvalue weighted by Crippen LogP contribution is -2.35. The first-order valence-electron chi connectivity index (χ1n) is 8.62. The molecule has 5 heteroatoms. The van der Waals surface area contributed by atoms with Crippen molar-refractivity contribution in [3.05, 3.63) is 42.0 Å². The van der Waals surface area contributed by atoms with Crippen LogP contribution >= 0.6 is 0 Å². The van der Waals surface area contributed by atoms with E-state index >= 15 is 0 Å². The fourth-order valence-corrected chi connectivity index (χ4v) is 2.73. The van der Waals surface area contributed by atoms with Crippen LogP contribution in [0.25, 0.3) is 0 Å². The van der Waals surface area contributed by atoms with Crippen LogP contribution in [-0.2, 0) is 20.7 Å². The summed E-state index contributed by atoms with van der Waals surface area (Å²) in [6.45, 7) is 0.639. The van der Waals surface area contributed by atoms with Crippen LogP contribution in [0.15, 0.2) is 36.4 Å². The summed E-state index contributed by atoms with van der Waals surface area (Å²) < 4.78 is 11.0. The van der Waals surface area contributed by atoms with E-state index < -0.39 is 12.0 Å². The molecule has 2 atom stereocenters. The van der Waals surface area contributed by atoms with E-state index in [9.17, 15) is 9.90 Å². The first-order chi connectivity index (χ1) is 11.6. The Labute approximate surface area is 143 Å². The van der Waals surface area contributed by atoms with Crippen molar-refractivity contribution in [2.75, 3.05) is 13.2 Å². The molecule has 0 saturated carbocycles. The molecule has 0 heterocycles. The Bertz CT molecular complexity index is 527. The highest BCUT2D eigenvalue weighted by Crippen LogP contribution is 2.15. The van der Waals surface area contributed by atoms with Crippen molar-refractivity contribution >= 4 is 5.97 Å². The van der Waals surface area contributed by atoms with Crippen molar-refractivity contribution in [1.29, 1.82) is 0 Å². The van der Waals surface area contributed by atoms with E-state index in [0.29, 0.717) is 13.0 Å². The number of ether oxygens (including phenoxy) is 2. The molecule has 5 nitrogen and oxygen atoms in total. The van der Waals surface area contributed by atoms with E-state index in [1.54, 1.807) is 24.3 Å². The molecule has 0 fully saturated rings. The van der Waals surface area contributed by atoms with E-state index in [4.69, 9.17) is 15.2 Å². The standard InChI is InChI=1S/C19H27NO4/c20-18(14-15-8-10-16(21)11-9-15)19(22)24-13-12-23-17-6-4-2-1-3-5-7-17/h1-2,8-11,17-18,21H,3-7,12-14,20H2/b2-1+/t17?,18-/m0/s1. The fourth-order valence-electron chi connectivity index (χ4n) is 2.73. The Morgan fingerprint density at radius 1 is 1.17 bits per heavy atom. The summed E-state index contributed by atoms with van der Waals surface area (Å²) >= 11 is 0. The quantitative estimate of drug-likeness (QED) is 0.455. The van der Waals surface area contributed by atoms with Gasteiger partial charge in [-0.1, -0.05) is 24.3 Å². The Morgan fingerprint density at radius 3 is 2.71 bits per heavy atom. The second kappa shape index (κ2) is 10.1. The maximum Gasteiger partial charge on any atom is 0.323 e. The summed E-state index contributed by atoms with van der Waals surface area (Å²) in [6, 6.07) is 5.93. The summed E-state index contributed by atoms with van der Waals surface area (Å²) in [5.74, 6) is -0.232. The van der Waals surface area contributed by atoms with Gasteiger partial charge in [0.1, 0.15) is 18.4 Å². The predicted octanol–water partition coefficient (Wildman–Crippen LogP) is 2.71. The molecule has 0 amide bonds. The van der Waals surface area contributed by atoms with Crippen LogP contribution < -0.4 is 5.73 Å². The number of hydrogen-bond acceptors (Lipinski definition) is 5. The molecular formula is C19H27NO4. The lowest BCUT2D eigenvalue weighted by atomic mass is 10.0. The Hall–Kier alpha value is -1.85. The van der Waals surface area contributed by atoms with Crippen LogP contribution in [0, 0.1) is 0 Å². The summed E-state index contributed by atoms with van der Waals surface area (Å²) in [7, 11) is 0. The SMILES string of the molecule is N[C@@H](Cc1ccc(O)cc1)C(=O)OCCOC1CC/C=C/CCC1. The largest absolute Gasteiger partial charge is 0.508 e. The maximum atomic E-state index is 11.9. The van der Waals surface area contributed by atoms with Gasteiger partial charge in [0.15, 0.2) is 0 Å². The minimum atomic E-state index is -0.707. The highest BCUT2D eigenvalue weighted by atomic mass is 16.6. The van der Waals surface area contributed by atoms with E-state index in [2.05, 4.69) is 12.2 Å². The Kier molecular flexibility index (Phi) is 7.79. The topological polar surface area (TPSA) is 81.8 Å². The van der Waals surface area contributed by atoms with Crippen LogP contribution in [0.1, 0.15) is 37.7 Å². The van der Waals surface area contributed by atoms with Crippen molar-refractivity contribution in [3.8, 4) is 5.75 Å². The second-order valence-electron chi connectivity index (χ2n) is 6.12. The molecule has 0 bridgehead atoms. The predicted molar refractivity (Wildman–Crippen MR) is 92.7 cm³/mol. The summed E-state index contributed by atoms with van der Waals surface area (Å²) in [5, 5.41) is 9.24. The number of nitrogens with two attached hydrogens (primary N) is 1. The van der Waals surface area contributed by atoms with Gasteiger partial charge in [0, 0.05) is 0 Å². The number of hydrogen-bond donors (Lipinski definition) is 2. The molecule has 24 heavy (non-hydrogen) atoms. The van der Waals surface area contributed by atoms with Gasteiger partial charge in [-0.15, -0.1) is 0 Å². The number of phenols is 1. The average Bonchev–Trinajstić information content (AvgIpc) is 2.55. The molecule has 1 unspecified atom stereocenters. The molecule has 1 aromatic rings. The fraction of sp³-hybridized carbons (Fsp3) is 0.526. The number of phenolic OH excluding ortho intramolecular Hbond substituents is 1. The number of benzene rings is 1. The molecule has 0 aliphatic heterocycles. The van der Waals surface area contributed by atoms with E-state index in [0.717, 1.165) is 37.7 Å². The lowest BCUT2D eigenvalue weighted by molar-refractivity contribution is -0.147. The molecule has 132 valence electrons. The van der Waals surface area contributed by atoms with Crippen LogP contribution in [0.3, 0.4) is 0 Å². The van der Waals surface area contributed by atoms with Gasteiger partial charge in [0.2, 0.25) is 0 Å². The summed E-state index contributed by atoms with van der Waals surface area (Å²) in [4.78, 5) is 11.9. The van der Waals surface area contributed by atoms with Gasteiger partial charge < -0.3 is 20.3 Å². The number of allylic oxidation sites excluding steroid dienone is 2. The van der Waals surface area contributed by atoms with Gasteiger partial charge in [-0.05, 0) is 56.2 Å². The monoisotopic (exact) mass is 333 g/mol. The van der Waals surface area contributed by atoms with Crippen LogP contribution in [-0.4, -0.2) is 36.4 Å². The van der Waals surface area contributed by atoms with Gasteiger partial charge in [-0.2, -0.15) is 0 Å². The van der Waals surface area contributed by atoms with Crippen molar-refractivity contribution in [1.82, 2.24) is 0 Å². The number of rotatable bonds is 7. The van der Waals surface area contributed by atoms with Crippen molar-refractivity contribution < 1.29 is 19.4 Å². The molecule has 0 saturated heterocycles. The second-order valence-corrected chi connectivity index (χ2v) is 6.12. The van der Waals surface area contributed by atoms with E-state index in [1.807, 2.05) is 0 Å². The summed E-state index contributed by atoms with van der Waals surface area (Å²) in [5.41, 5.74) is 6.75. The molecular weight excluding hydrogens is 306 g/mol. The molecule has 0 aromatic heterocycles. The third kappa shape index (κ3) is 6.72.